The third-order valence-corrected chi connectivity index (χ3v) is 3.72. The smallest absolute Gasteiger partial charge is 0.226 e. The van der Waals surface area contributed by atoms with Gasteiger partial charge in [-0.1, -0.05) is 30.3 Å². The fraction of sp³-hybridized carbons (Fsp3) is 0.0714. The zero-order valence-corrected chi connectivity index (χ0v) is 10.7. The number of ether oxygens (including phenoxy) is 1. The number of aromatic nitrogens is 2. The summed E-state index contributed by atoms with van der Waals surface area (Å²) in [6.07, 6.45) is 1.46. The molecule has 3 rings (SSSR count). The van der Waals surface area contributed by atoms with Crippen LogP contribution < -0.4 is 4.74 Å². The third-order valence-electron chi connectivity index (χ3n) is 2.62. The fourth-order valence-electron chi connectivity index (χ4n) is 1.79. The van der Waals surface area contributed by atoms with Gasteiger partial charge in [0.15, 0.2) is 6.61 Å². The highest BCUT2D eigenvalue weighted by Crippen LogP contribution is 2.35. The van der Waals surface area contributed by atoms with Crippen LogP contribution in [0.5, 0.6) is 5.88 Å². The molecule has 19 heavy (non-hydrogen) atoms. The van der Waals surface area contributed by atoms with Crippen LogP contribution in [-0.4, -0.2) is 16.6 Å². The van der Waals surface area contributed by atoms with E-state index >= 15 is 0 Å². The first-order chi connectivity index (χ1) is 9.38. The summed E-state index contributed by atoms with van der Waals surface area (Å²) in [5.74, 6) is 0.463. The molecular weight excluding hydrogens is 258 g/mol. The van der Waals surface area contributed by atoms with E-state index in [1.807, 2.05) is 42.5 Å². The predicted octanol–water partition coefficient (Wildman–Crippen LogP) is 3.26. The minimum absolute atomic E-state index is 0.0113. The van der Waals surface area contributed by atoms with Crippen molar-refractivity contribution in [3.63, 3.8) is 0 Å². The second kappa shape index (κ2) is 5.04. The van der Waals surface area contributed by atoms with Crippen molar-refractivity contribution in [2.24, 2.45) is 0 Å². The fourth-order valence-corrected chi connectivity index (χ4v) is 2.79. The van der Waals surface area contributed by atoms with Crippen LogP contribution in [0.15, 0.2) is 42.7 Å². The van der Waals surface area contributed by atoms with Gasteiger partial charge in [0.2, 0.25) is 5.88 Å². The molecule has 0 N–H and O–H groups in total. The Labute approximate surface area is 113 Å². The summed E-state index contributed by atoms with van der Waals surface area (Å²) in [5, 5.41) is 9.42. The van der Waals surface area contributed by atoms with Crippen molar-refractivity contribution < 1.29 is 4.74 Å². The molecule has 2 aromatic heterocycles. The topological polar surface area (TPSA) is 58.8 Å². The molecule has 0 aliphatic carbocycles. The number of fused-ring (bicyclic) bond motifs is 1. The number of hydrogen-bond acceptors (Lipinski definition) is 5. The quantitative estimate of drug-likeness (QED) is 0.730. The van der Waals surface area contributed by atoms with E-state index < -0.39 is 0 Å². The molecule has 0 amide bonds. The first-order valence-electron chi connectivity index (χ1n) is 5.68. The van der Waals surface area contributed by atoms with Gasteiger partial charge in [-0.3, -0.25) is 0 Å². The molecule has 0 aliphatic rings. The van der Waals surface area contributed by atoms with Gasteiger partial charge in [0.25, 0.3) is 0 Å². The molecule has 0 saturated heterocycles. The summed E-state index contributed by atoms with van der Waals surface area (Å²) >= 11 is 1.58. The summed E-state index contributed by atoms with van der Waals surface area (Å²) in [6.45, 7) is -0.0113. The SMILES string of the molecule is N#CCOc1ncnc2sc(-c3ccccc3)cc12. The molecule has 0 aliphatic heterocycles. The lowest BCUT2D eigenvalue weighted by Crippen LogP contribution is -1.96. The standard InChI is InChI=1S/C14H9N3OS/c15-6-7-18-13-11-8-12(10-4-2-1-3-5-10)19-14(11)17-9-16-13/h1-5,8-9H,7H2. The predicted molar refractivity (Wildman–Crippen MR) is 74.0 cm³/mol. The summed E-state index contributed by atoms with van der Waals surface area (Å²) in [5.41, 5.74) is 1.14. The molecule has 0 radical (unpaired) electrons. The van der Waals surface area contributed by atoms with Crippen molar-refractivity contribution >= 4 is 21.6 Å². The van der Waals surface area contributed by atoms with Gasteiger partial charge in [-0.2, -0.15) is 5.26 Å². The summed E-state index contributed by atoms with van der Waals surface area (Å²) in [7, 11) is 0. The van der Waals surface area contributed by atoms with Crippen molar-refractivity contribution in [3.8, 4) is 22.4 Å². The molecule has 5 heteroatoms. The molecule has 0 unspecified atom stereocenters. The van der Waals surface area contributed by atoms with E-state index in [1.54, 1.807) is 11.3 Å². The average Bonchev–Trinajstić information content (AvgIpc) is 2.90. The maximum absolute atomic E-state index is 8.57. The van der Waals surface area contributed by atoms with E-state index in [-0.39, 0.29) is 6.61 Å². The number of benzene rings is 1. The van der Waals surface area contributed by atoms with Crippen molar-refractivity contribution in [3.05, 3.63) is 42.7 Å². The van der Waals surface area contributed by atoms with Gasteiger partial charge < -0.3 is 4.74 Å². The number of nitriles is 1. The third kappa shape index (κ3) is 2.26. The minimum Gasteiger partial charge on any atom is -0.462 e. The van der Waals surface area contributed by atoms with E-state index in [2.05, 4.69) is 9.97 Å². The highest BCUT2D eigenvalue weighted by atomic mass is 32.1. The van der Waals surface area contributed by atoms with Gasteiger partial charge in [-0.05, 0) is 11.6 Å². The van der Waals surface area contributed by atoms with Crippen LogP contribution in [0, 0.1) is 11.3 Å². The van der Waals surface area contributed by atoms with Crippen molar-refractivity contribution in [1.29, 1.82) is 5.26 Å². The molecule has 0 fully saturated rings. The first kappa shape index (κ1) is 11.6. The molecule has 3 aromatic rings. The molecule has 0 spiro atoms. The number of thiophene rings is 1. The maximum atomic E-state index is 8.57. The summed E-state index contributed by atoms with van der Waals surface area (Å²) in [6, 6.07) is 14.0. The minimum atomic E-state index is -0.0113. The Kier molecular flexibility index (Phi) is 3.09. The van der Waals surface area contributed by atoms with Gasteiger partial charge >= 0.3 is 0 Å². The van der Waals surface area contributed by atoms with E-state index in [0.29, 0.717) is 5.88 Å². The van der Waals surface area contributed by atoms with Gasteiger partial charge in [0.1, 0.15) is 17.2 Å². The van der Waals surface area contributed by atoms with Crippen LogP contribution in [0.1, 0.15) is 0 Å². The lowest BCUT2D eigenvalue weighted by molar-refractivity contribution is 0.358. The van der Waals surface area contributed by atoms with Crippen molar-refractivity contribution in [2.45, 2.75) is 0 Å². The number of rotatable bonds is 3. The Morgan fingerprint density at radius 1 is 1.21 bits per heavy atom. The van der Waals surface area contributed by atoms with Gasteiger partial charge in [0.05, 0.1) is 5.39 Å². The lowest BCUT2D eigenvalue weighted by Gasteiger charge is -1.99. The molecule has 4 nitrogen and oxygen atoms in total. The van der Waals surface area contributed by atoms with Gasteiger partial charge in [-0.25, -0.2) is 9.97 Å². The van der Waals surface area contributed by atoms with Crippen LogP contribution >= 0.6 is 11.3 Å². The Hall–Kier alpha value is -2.45. The van der Waals surface area contributed by atoms with Gasteiger partial charge in [0, 0.05) is 4.88 Å². The molecule has 2 heterocycles. The van der Waals surface area contributed by atoms with E-state index in [9.17, 15) is 0 Å². The molecule has 1 aromatic carbocycles. The number of hydrogen-bond donors (Lipinski definition) is 0. The van der Waals surface area contributed by atoms with Crippen LogP contribution in [0.2, 0.25) is 0 Å². The zero-order valence-electron chi connectivity index (χ0n) is 9.91. The normalized spacial score (nSPS) is 10.3. The molecular formula is C14H9N3OS. The van der Waals surface area contributed by atoms with Crippen molar-refractivity contribution in [2.75, 3.05) is 6.61 Å². The highest BCUT2D eigenvalue weighted by molar-refractivity contribution is 7.21. The number of nitrogens with zero attached hydrogens (tertiary/aromatic N) is 3. The van der Waals surface area contributed by atoms with E-state index in [4.69, 9.17) is 10.00 Å². The van der Waals surface area contributed by atoms with Gasteiger partial charge in [-0.15, -0.1) is 11.3 Å². The monoisotopic (exact) mass is 267 g/mol. The molecule has 0 saturated carbocycles. The molecule has 0 bridgehead atoms. The Morgan fingerprint density at radius 2 is 2.05 bits per heavy atom. The molecule has 0 atom stereocenters. The zero-order chi connectivity index (χ0) is 13.1. The average molecular weight is 267 g/mol. The van der Waals surface area contributed by atoms with Crippen LogP contribution in [0.3, 0.4) is 0 Å². The second-order valence-corrected chi connectivity index (χ2v) is 4.85. The Morgan fingerprint density at radius 3 is 2.84 bits per heavy atom. The first-order valence-corrected chi connectivity index (χ1v) is 6.50. The van der Waals surface area contributed by atoms with Crippen LogP contribution in [0.4, 0.5) is 0 Å². The molecule has 92 valence electrons. The largest absolute Gasteiger partial charge is 0.462 e. The van der Waals surface area contributed by atoms with E-state index in [1.165, 1.54) is 6.33 Å². The second-order valence-electron chi connectivity index (χ2n) is 3.82. The van der Waals surface area contributed by atoms with E-state index in [0.717, 1.165) is 20.7 Å². The summed E-state index contributed by atoms with van der Waals surface area (Å²) in [4.78, 5) is 10.3. The Balaban J connectivity index is 2.08. The highest BCUT2D eigenvalue weighted by Gasteiger charge is 2.10. The maximum Gasteiger partial charge on any atom is 0.226 e. The Bertz CT molecular complexity index is 746. The van der Waals surface area contributed by atoms with Crippen LogP contribution in [0.25, 0.3) is 20.7 Å². The lowest BCUT2D eigenvalue weighted by atomic mass is 10.2. The van der Waals surface area contributed by atoms with Crippen LogP contribution in [-0.2, 0) is 0 Å². The van der Waals surface area contributed by atoms with Crippen molar-refractivity contribution in [1.82, 2.24) is 9.97 Å². The summed E-state index contributed by atoms with van der Waals surface area (Å²) < 4.78 is 5.31.